The highest BCUT2D eigenvalue weighted by Gasteiger charge is 2.36. The second-order valence-corrected chi connectivity index (χ2v) is 7.25. The summed E-state index contributed by atoms with van der Waals surface area (Å²) in [7, 11) is 0. The molecule has 18 heavy (non-hydrogen) atoms. The first kappa shape index (κ1) is 12.7. The molecule has 0 radical (unpaired) electrons. The number of hydrogen-bond acceptors (Lipinski definition) is 2. The summed E-state index contributed by atoms with van der Waals surface area (Å²) in [6.07, 6.45) is 9.59. The zero-order chi connectivity index (χ0) is 12.5. The van der Waals surface area contributed by atoms with Crippen LogP contribution in [0.25, 0.3) is 0 Å². The van der Waals surface area contributed by atoms with Crippen LogP contribution in [0.4, 0.5) is 0 Å². The van der Waals surface area contributed by atoms with E-state index in [1.165, 1.54) is 44.9 Å². The lowest BCUT2D eigenvalue weighted by molar-refractivity contribution is 0.535. The lowest BCUT2D eigenvalue weighted by atomic mass is 9.99. The molecule has 2 aliphatic rings. The van der Waals surface area contributed by atoms with Gasteiger partial charge in [-0.05, 0) is 63.0 Å². The number of rotatable bonds is 5. The maximum absolute atomic E-state index is 3.82. The van der Waals surface area contributed by atoms with Crippen LogP contribution in [-0.2, 0) is 12.8 Å². The van der Waals surface area contributed by atoms with Crippen molar-refractivity contribution in [2.45, 2.75) is 70.9 Å². The second kappa shape index (κ2) is 5.34. The van der Waals surface area contributed by atoms with Crippen molar-refractivity contribution in [3.63, 3.8) is 0 Å². The first-order chi connectivity index (χ1) is 8.78. The monoisotopic (exact) mass is 263 g/mol. The van der Waals surface area contributed by atoms with Gasteiger partial charge in [0.2, 0.25) is 0 Å². The summed E-state index contributed by atoms with van der Waals surface area (Å²) < 4.78 is 0. The van der Waals surface area contributed by atoms with E-state index in [1.807, 2.05) is 0 Å². The quantitative estimate of drug-likeness (QED) is 0.826. The van der Waals surface area contributed by atoms with Crippen molar-refractivity contribution < 1.29 is 0 Å². The molecule has 1 nitrogen and oxygen atoms in total. The van der Waals surface area contributed by atoms with E-state index < -0.39 is 0 Å². The molecule has 1 heterocycles. The standard InChI is InChI=1S/C16H25NS/c1-3-6-12-9-14(12)17-11(2)16-10-13-7-4-5-8-15(13)18-16/h10-12,14,17H,3-9H2,1-2H3. The Hall–Kier alpha value is -0.340. The number of thiophene rings is 1. The molecule has 2 aliphatic carbocycles. The van der Waals surface area contributed by atoms with Crippen molar-refractivity contribution in [1.29, 1.82) is 0 Å². The Morgan fingerprint density at radius 2 is 2.22 bits per heavy atom. The lowest BCUT2D eigenvalue weighted by Gasteiger charge is -2.11. The van der Waals surface area contributed by atoms with Crippen LogP contribution in [0, 0.1) is 5.92 Å². The predicted molar refractivity (Wildman–Crippen MR) is 79.3 cm³/mol. The topological polar surface area (TPSA) is 12.0 Å². The summed E-state index contributed by atoms with van der Waals surface area (Å²) in [5.41, 5.74) is 1.65. The van der Waals surface area contributed by atoms with E-state index in [4.69, 9.17) is 0 Å². The van der Waals surface area contributed by atoms with Crippen molar-refractivity contribution in [3.05, 3.63) is 21.4 Å². The number of aryl methyl sites for hydroxylation is 2. The SMILES string of the molecule is CCCC1CC1NC(C)c1cc2c(s1)CCCC2. The fraction of sp³-hybridized carbons (Fsp3) is 0.750. The first-order valence-corrected chi connectivity index (χ1v) is 8.47. The van der Waals surface area contributed by atoms with Gasteiger partial charge in [-0.3, -0.25) is 0 Å². The van der Waals surface area contributed by atoms with Crippen LogP contribution in [0.1, 0.15) is 67.3 Å². The minimum Gasteiger partial charge on any atom is -0.306 e. The van der Waals surface area contributed by atoms with Crippen LogP contribution in [0.3, 0.4) is 0 Å². The average molecular weight is 263 g/mol. The van der Waals surface area contributed by atoms with Crippen LogP contribution >= 0.6 is 11.3 Å². The van der Waals surface area contributed by atoms with E-state index >= 15 is 0 Å². The van der Waals surface area contributed by atoms with Gasteiger partial charge < -0.3 is 5.32 Å². The molecular formula is C16H25NS. The molecule has 1 aromatic heterocycles. The normalized spacial score (nSPS) is 27.9. The summed E-state index contributed by atoms with van der Waals surface area (Å²) in [6.45, 7) is 4.64. The van der Waals surface area contributed by atoms with Gasteiger partial charge in [-0.2, -0.15) is 0 Å². The Morgan fingerprint density at radius 3 is 3.00 bits per heavy atom. The maximum Gasteiger partial charge on any atom is 0.0388 e. The Morgan fingerprint density at radius 1 is 1.39 bits per heavy atom. The molecule has 2 heteroatoms. The fourth-order valence-electron chi connectivity index (χ4n) is 3.27. The van der Waals surface area contributed by atoms with Crippen LogP contribution in [0.2, 0.25) is 0 Å². The Kier molecular flexibility index (Phi) is 3.76. The molecule has 100 valence electrons. The van der Waals surface area contributed by atoms with E-state index in [0.717, 1.165) is 12.0 Å². The molecule has 3 atom stereocenters. The van der Waals surface area contributed by atoms with Crippen LogP contribution in [0.5, 0.6) is 0 Å². The van der Waals surface area contributed by atoms with Gasteiger partial charge in [0.15, 0.2) is 0 Å². The van der Waals surface area contributed by atoms with Crippen molar-refractivity contribution in [2.24, 2.45) is 5.92 Å². The molecular weight excluding hydrogens is 238 g/mol. The smallest absolute Gasteiger partial charge is 0.0388 e. The summed E-state index contributed by atoms with van der Waals surface area (Å²) in [5.74, 6) is 0.965. The van der Waals surface area contributed by atoms with Gasteiger partial charge in [-0.15, -0.1) is 11.3 Å². The molecule has 3 rings (SSSR count). The zero-order valence-corrected chi connectivity index (χ0v) is 12.5. The number of fused-ring (bicyclic) bond motifs is 1. The minimum absolute atomic E-state index is 0.562. The highest BCUT2D eigenvalue weighted by Crippen LogP contribution is 2.38. The van der Waals surface area contributed by atoms with E-state index in [0.29, 0.717) is 6.04 Å². The summed E-state index contributed by atoms with van der Waals surface area (Å²) >= 11 is 2.07. The number of nitrogens with one attached hydrogen (secondary N) is 1. The Balaban J connectivity index is 1.59. The van der Waals surface area contributed by atoms with Crippen LogP contribution in [-0.4, -0.2) is 6.04 Å². The molecule has 1 saturated carbocycles. The molecule has 0 amide bonds. The highest BCUT2D eigenvalue weighted by atomic mass is 32.1. The van der Waals surface area contributed by atoms with E-state index in [2.05, 4.69) is 36.6 Å². The van der Waals surface area contributed by atoms with Gasteiger partial charge in [0.05, 0.1) is 0 Å². The molecule has 1 fully saturated rings. The Labute approximate surface area is 115 Å². The average Bonchev–Trinajstić information content (AvgIpc) is 2.94. The van der Waals surface area contributed by atoms with Gasteiger partial charge in [0.1, 0.15) is 0 Å². The predicted octanol–water partition coefficient (Wildman–Crippen LogP) is 4.47. The third-order valence-corrected chi connectivity index (χ3v) is 5.91. The van der Waals surface area contributed by atoms with Gasteiger partial charge in [0.25, 0.3) is 0 Å². The van der Waals surface area contributed by atoms with Crippen molar-refractivity contribution in [2.75, 3.05) is 0 Å². The maximum atomic E-state index is 3.82. The first-order valence-electron chi connectivity index (χ1n) is 7.65. The second-order valence-electron chi connectivity index (χ2n) is 6.08. The van der Waals surface area contributed by atoms with Crippen LogP contribution < -0.4 is 5.32 Å². The Bertz CT molecular complexity index is 386. The molecule has 0 bridgehead atoms. The van der Waals surface area contributed by atoms with Crippen molar-refractivity contribution in [1.82, 2.24) is 5.32 Å². The largest absolute Gasteiger partial charge is 0.306 e. The van der Waals surface area contributed by atoms with Gasteiger partial charge in [-0.1, -0.05) is 13.3 Å². The third kappa shape index (κ3) is 2.65. The summed E-state index contributed by atoms with van der Waals surface area (Å²) in [5, 5.41) is 3.82. The number of hydrogen-bond donors (Lipinski definition) is 1. The van der Waals surface area contributed by atoms with Crippen molar-refractivity contribution >= 4 is 11.3 Å². The molecule has 1 aromatic rings. The van der Waals surface area contributed by atoms with Gasteiger partial charge in [0, 0.05) is 21.8 Å². The third-order valence-electron chi connectivity index (χ3n) is 4.49. The minimum atomic E-state index is 0.562. The summed E-state index contributed by atoms with van der Waals surface area (Å²) in [6, 6.07) is 3.85. The molecule has 0 saturated heterocycles. The molecule has 0 spiro atoms. The van der Waals surface area contributed by atoms with Crippen LogP contribution in [0.15, 0.2) is 6.07 Å². The molecule has 0 aromatic carbocycles. The molecule has 3 unspecified atom stereocenters. The van der Waals surface area contributed by atoms with Gasteiger partial charge >= 0.3 is 0 Å². The highest BCUT2D eigenvalue weighted by molar-refractivity contribution is 7.12. The van der Waals surface area contributed by atoms with E-state index in [9.17, 15) is 0 Å². The molecule has 0 aliphatic heterocycles. The van der Waals surface area contributed by atoms with E-state index in [1.54, 1.807) is 15.3 Å². The molecule has 1 N–H and O–H groups in total. The fourth-order valence-corrected chi connectivity index (χ4v) is 4.54. The van der Waals surface area contributed by atoms with Crippen molar-refractivity contribution in [3.8, 4) is 0 Å². The zero-order valence-electron chi connectivity index (χ0n) is 11.7. The summed E-state index contributed by atoms with van der Waals surface area (Å²) in [4.78, 5) is 3.25. The lowest BCUT2D eigenvalue weighted by Crippen LogP contribution is -2.21. The van der Waals surface area contributed by atoms with E-state index in [-0.39, 0.29) is 0 Å². The van der Waals surface area contributed by atoms with Gasteiger partial charge in [-0.25, -0.2) is 0 Å².